The molecule has 2 heterocycles. The van der Waals surface area contributed by atoms with Crippen LogP contribution in [0.15, 0.2) is 59.0 Å². The van der Waals surface area contributed by atoms with Crippen molar-refractivity contribution in [2.24, 2.45) is 5.10 Å². The fourth-order valence-electron chi connectivity index (χ4n) is 3.18. The Morgan fingerprint density at radius 1 is 0.963 bits per heavy atom. The first-order valence-corrected chi connectivity index (χ1v) is 9.63. The highest BCUT2D eigenvalue weighted by Gasteiger charge is 2.31. The van der Waals surface area contributed by atoms with E-state index in [1.54, 1.807) is 25.6 Å². The molecule has 27 heavy (non-hydrogen) atoms. The zero-order chi connectivity index (χ0) is 18.8. The lowest BCUT2D eigenvalue weighted by molar-refractivity contribution is 0.414. The Morgan fingerprint density at radius 2 is 1.59 bits per heavy atom. The van der Waals surface area contributed by atoms with Gasteiger partial charge in [-0.2, -0.15) is 5.10 Å². The molecule has 0 amide bonds. The van der Waals surface area contributed by atoms with E-state index >= 15 is 0 Å². The summed E-state index contributed by atoms with van der Waals surface area (Å²) in [6.45, 7) is 2.01. The van der Waals surface area contributed by atoms with E-state index in [1.807, 2.05) is 36.2 Å². The first-order valence-electron chi connectivity index (χ1n) is 8.75. The van der Waals surface area contributed by atoms with E-state index in [0.717, 1.165) is 40.0 Å². The van der Waals surface area contributed by atoms with Crippen LogP contribution in [-0.4, -0.2) is 24.9 Å². The molecule has 1 aromatic heterocycles. The molecule has 1 aliphatic rings. The van der Waals surface area contributed by atoms with Gasteiger partial charge in [-0.05, 0) is 54.4 Å². The average Bonchev–Trinajstić information content (AvgIpc) is 3.34. The highest BCUT2D eigenvalue weighted by atomic mass is 32.1. The molecule has 2 aromatic carbocycles. The first kappa shape index (κ1) is 17.5. The van der Waals surface area contributed by atoms with Crippen molar-refractivity contribution in [2.75, 3.05) is 19.2 Å². The number of thiazole rings is 1. The van der Waals surface area contributed by atoms with Crippen LogP contribution in [0.1, 0.15) is 29.3 Å². The molecule has 0 N–H and O–H groups in total. The first-order chi connectivity index (χ1) is 13.2. The van der Waals surface area contributed by atoms with Crippen LogP contribution in [0.2, 0.25) is 0 Å². The lowest BCUT2D eigenvalue weighted by atomic mass is 9.98. The zero-order valence-electron chi connectivity index (χ0n) is 15.5. The van der Waals surface area contributed by atoms with Crippen molar-refractivity contribution in [3.63, 3.8) is 0 Å². The fraction of sp³-hybridized carbons (Fsp3) is 0.238. The van der Waals surface area contributed by atoms with Gasteiger partial charge in [-0.3, -0.25) is 0 Å². The molecule has 5 nitrogen and oxygen atoms in total. The third kappa shape index (κ3) is 3.53. The number of nitrogens with zero attached hydrogens (tertiary/aromatic N) is 3. The number of ether oxygens (including phenoxy) is 2. The molecule has 0 fully saturated rings. The molecule has 138 valence electrons. The Kier molecular flexibility index (Phi) is 4.81. The third-order valence-electron chi connectivity index (χ3n) is 4.64. The lowest BCUT2D eigenvalue weighted by Crippen LogP contribution is -2.18. The smallest absolute Gasteiger partial charge is 0.206 e. The summed E-state index contributed by atoms with van der Waals surface area (Å²) in [7, 11) is 3.36. The van der Waals surface area contributed by atoms with Crippen molar-refractivity contribution in [1.82, 2.24) is 4.98 Å². The van der Waals surface area contributed by atoms with Gasteiger partial charge in [0.05, 0.1) is 31.7 Å². The minimum Gasteiger partial charge on any atom is -0.497 e. The molecule has 0 spiro atoms. The second-order valence-electron chi connectivity index (χ2n) is 6.38. The molecule has 0 bridgehead atoms. The van der Waals surface area contributed by atoms with Crippen molar-refractivity contribution in [1.29, 1.82) is 0 Å². The Morgan fingerprint density at radius 3 is 2.15 bits per heavy atom. The summed E-state index contributed by atoms with van der Waals surface area (Å²) in [4.78, 5) is 4.65. The third-order valence-corrected chi connectivity index (χ3v) is 5.59. The largest absolute Gasteiger partial charge is 0.497 e. The summed E-state index contributed by atoms with van der Waals surface area (Å²) < 4.78 is 10.6. The topological polar surface area (TPSA) is 47.0 Å². The van der Waals surface area contributed by atoms with Crippen LogP contribution in [0.3, 0.4) is 0 Å². The molecule has 0 saturated carbocycles. The number of benzene rings is 2. The summed E-state index contributed by atoms with van der Waals surface area (Å²) in [5.74, 6) is 1.70. The molecular formula is C21H21N3O2S. The predicted molar refractivity (Wildman–Crippen MR) is 109 cm³/mol. The SMILES string of the molecule is COc1ccc(C2=NN(c3nc(C)cs3)[C@H](c3ccc(OC)cc3)C2)cc1. The van der Waals surface area contributed by atoms with Gasteiger partial charge in [-0.1, -0.05) is 12.1 Å². The van der Waals surface area contributed by atoms with Crippen molar-refractivity contribution in [2.45, 2.75) is 19.4 Å². The maximum Gasteiger partial charge on any atom is 0.206 e. The van der Waals surface area contributed by atoms with Gasteiger partial charge in [0.25, 0.3) is 0 Å². The van der Waals surface area contributed by atoms with Crippen LogP contribution in [0.5, 0.6) is 11.5 Å². The zero-order valence-corrected chi connectivity index (χ0v) is 16.4. The van der Waals surface area contributed by atoms with E-state index in [-0.39, 0.29) is 6.04 Å². The van der Waals surface area contributed by atoms with Crippen molar-refractivity contribution in [3.8, 4) is 11.5 Å². The normalized spacial score (nSPS) is 16.3. The van der Waals surface area contributed by atoms with Crippen LogP contribution < -0.4 is 14.5 Å². The molecule has 0 unspecified atom stereocenters. The summed E-state index contributed by atoms with van der Waals surface area (Å²) in [6.07, 6.45) is 0.817. The van der Waals surface area contributed by atoms with E-state index in [1.165, 1.54) is 5.56 Å². The van der Waals surface area contributed by atoms with Crippen LogP contribution in [-0.2, 0) is 0 Å². The molecule has 1 atom stereocenters. The molecule has 0 radical (unpaired) electrons. The Balaban J connectivity index is 1.69. The summed E-state index contributed by atoms with van der Waals surface area (Å²) in [6, 6.07) is 16.3. The average molecular weight is 379 g/mol. The van der Waals surface area contributed by atoms with Gasteiger partial charge < -0.3 is 9.47 Å². The van der Waals surface area contributed by atoms with Crippen LogP contribution in [0.25, 0.3) is 0 Å². The van der Waals surface area contributed by atoms with E-state index < -0.39 is 0 Å². The summed E-state index contributed by atoms with van der Waals surface area (Å²) in [5, 5.41) is 9.93. The van der Waals surface area contributed by atoms with Gasteiger partial charge in [0.1, 0.15) is 11.5 Å². The van der Waals surface area contributed by atoms with Gasteiger partial charge in [0.15, 0.2) is 0 Å². The highest BCUT2D eigenvalue weighted by molar-refractivity contribution is 7.13. The summed E-state index contributed by atoms with van der Waals surface area (Å²) in [5.41, 5.74) is 4.35. The maximum atomic E-state index is 5.29. The van der Waals surface area contributed by atoms with Crippen LogP contribution >= 0.6 is 11.3 Å². The lowest BCUT2D eigenvalue weighted by Gasteiger charge is -2.21. The van der Waals surface area contributed by atoms with Gasteiger partial charge in [0, 0.05) is 11.8 Å². The molecule has 3 aromatic rings. The molecule has 6 heteroatoms. The second kappa shape index (κ2) is 7.40. The highest BCUT2D eigenvalue weighted by Crippen LogP contribution is 2.38. The minimum absolute atomic E-state index is 0.110. The fourth-order valence-corrected chi connectivity index (χ4v) is 3.98. The minimum atomic E-state index is 0.110. The number of hydrogen-bond donors (Lipinski definition) is 0. The second-order valence-corrected chi connectivity index (χ2v) is 7.22. The van der Waals surface area contributed by atoms with Crippen molar-refractivity contribution in [3.05, 3.63) is 70.7 Å². The van der Waals surface area contributed by atoms with Gasteiger partial charge >= 0.3 is 0 Å². The number of aromatic nitrogens is 1. The van der Waals surface area contributed by atoms with E-state index in [9.17, 15) is 0 Å². The molecule has 0 aliphatic carbocycles. The molecule has 1 aliphatic heterocycles. The monoisotopic (exact) mass is 379 g/mol. The standard InChI is InChI=1S/C21H21N3O2S/c1-14-13-27-21(22-14)24-20(16-6-10-18(26-3)11-7-16)12-19(23-24)15-4-8-17(25-2)9-5-15/h4-11,13,20H,12H2,1-3H3/t20-/m0/s1. The number of methoxy groups -OCH3 is 2. The van der Waals surface area contributed by atoms with Gasteiger partial charge in [-0.25, -0.2) is 9.99 Å². The number of hydrazone groups is 1. The Labute approximate surface area is 162 Å². The molecule has 0 saturated heterocycles. The molecule has 4 rings (SSSR count). The van der Waals surface area contributed by atoms with Crippen LogP contribution in [0, 0.1) is 6.92 Å². The number of rotatable bonds is 5. The van der Waals surface area contributed by atoms with E-state index in [2.05, 4.69) is 34.6 Å². The van der Waals surface area contributed by atoms with E-state index in [0.29, 0.717) is 0 Å². The maximum absolute atomic E-state index is 5.29. The van der Waals surface area contributed by atoms with Crippen molar-refractivity contribution < 1.29 is 9.47 Å². The van der Waals surface area contributed by atoms with E-state index in [4.69, 9.17) is 14.6 Å². The Bertz CT molecular complexity index is 948. The Hall–Kier alpha value is -2.86. The van der Waals surface area contributed by atoms with Gasteiger partial charge in [0.2, 0.25) is 5.13 Å². The number of anilines is 1. The summed E-state index contributed by atoms with van der Waals surface area (Å²) >= 11 is 1.62. The van der Waals surface area contributed by atoms with Crippen LogP contribution in [0.4, 0.5) is 5.13 Å². The molecular weight excluding hydrogens is 358 g/mol. The number of hydrogen-bond acceptors (Lipinski definition) is 6. The predicted octanol–water partition coefficient (Wildman–Crippen LogP) is 4.82. The number of aryl methyl sites for hydroxylation is 1. The quantitative estimate of drug-likeness (QED) is 0.637. The van der Waals surface area contributed by atoms with Gasteiger partial charge in [-0.15, -0.1) is 11.3 Å². The van der Waals surface area contributed by atoms with Crippen molar-refractivity contribution >= 4 is 22.2 Å².